The molecule has 0 saturated carbocycles. The van der Waals surface area contributed by atoms with Crippen LogP contribution in [-0.4, -0.2) is 53.9 Å². The topological polar surface area (TPSA) is 123 Å². The van der Waals surface area contributed by atoms with E-state index in [9.17, 15) is 14.5 Å². The summed E-state index contributed by atoms with van der Waals surface area (Å²) in [6.07, 6.45) is 1.24. The molecule has 0 aromatic heterocycles. The van der Waals surface area contributed by atoms with Gasteiger partial charge in [0.15, 0.2) is 6.23 Å². The lowest BCUT2D eigenvalue weighted by molar-refractivity contribution is -0.109. The molecule has 1 aliphatic heterocycles. The second kappa shape index (κ2) is 10.7. The average molecular weight is 411 g/mol. The van der Waals surface area contributed by atoms with Crippen molar-refractivity contribution in [2.45, 2.75) is 58.7 Å². The van der Waals surface area contributed by atoms with E-state index in [-0.39, 0.29) is 18.6 Å². The quantitative estimate of drug-likeness (QED) is 0.303. The van der Waals surface area contributed by atoms with Gasteiger partial charge in [-0.05, 0) is 32.3 Å². The summed E-state index contributed by atoms with van der Waals surface area (Å²) in [6, 6.07) is -0.480. The van der Waals surface area contributed by atoms with Gasteiger partial charge in [0, 0.05) is 6.20 Å². The zero-order valence-corrected chi connectivity index (χ0v) is 17.4. The molecule has 0 bridgehead atoms. The molecule has 1 rings (SSSR count). The van der Waals surface area contributed by atoms with Gasteiger partial charge in [-0.25, -0.2) is 9.36 Å². The molecule has 152 valence electrons. The molecule has 11 heteroatoms. The number of thiol groups is 1. The fourth-order valence-electron chi connectivity index (χ4n) is 2.33. The molecule has 0 saturated heterocycles. The molecule has 1 aliphatic rings. The number of hydrogen-bond donors (Lipinski definition) is 4. The summed E-state index contributed by atoms with van der Waals surface area (Å²) in [7, 11) is 0. The number of urea groups is 1. The smallest absolute Gasteiger partial charge is 0.386 e. The summed E-state index contributed by atoms with van der Waals surface area (Å²) in [5, 5.41) is 12.2. The molecule has 4 N–H and O–H groups in total. The predicted molar refractivity (Wildman–Crippen MR) is 101 cm³/mol. The van der Waals surface area contributed by atoms with Crippen LogP contribution >= 0.6 is 19.0 Å². The molecule has 0 spiro atoms. The summed E-state index contributed by atoms with van der Waals surface area (Å²) < 4.78 is 28.5. The first kappa shape index (κ1) is 23.4. The van der Waals surface area contributed by atoms with Gasteiger partial charge < -0.3 is 20.9 Å². The zero-order chi connectivity index (χ0) is 19.9. The lowest BCUT2D eigenvalue weighted by Gasteiger charge is -2.34. The summed E-state index contributed by atoms with van der Waals surface area (Å²) in [5.74, 6) is 0.243. The molecule has 0 aliphatic carbocycles. The van der Waals surface area contributed by atoms with Crippen LogP contribution in [0.3, 0.4) is 0 Å². The Morgan fingerprint density at radius 2 is 2.08 bits per heavy atom. The number of ether oxygens (including phenoxy) is 1. The second-order valence-electron chi connectivity index (χ2n) is 6.67. The lowest BCUT2D eigenvalue weighted by Crippen LogP contribution is -2.54. The van der Waals surface area contributed by atoms with Gasteiger partial charge in [-0.1, -0.05) is 26.1 Å². The van der Waals surface area contributed by atoms with Gasteiger partial charge in [0.2, 0.25) is 0 Å². The molecular formula is C15H30N3O6PS. The SMILES string of the molecule is CC(C)C[C@H](COP(=O)(S)OC(C)C)O[C@H](CO)N1C=CC(N)NC1=O. The van der Waals surface area contributed by atoms with Crippen molar-refractivity contribution in [3.63, 3.8) is 0 Å². The molecule has 0 radical (unpaired) electrons. The highest BCUT2D eigenvalue weighted by molar-refractivity contribution is 8.44. The third-order valence-corrected chi connectivity index (χ3v) is 5.09. The molecule has 2 unspecified atom stereocenters. The normalized spacial score (nSPS) is 22.4. The molecular weight excluding hydrogens is 381 g/mol. The van der Waals surface area contributed by atoms with Crippen LogP contribution in [0.5, 0.6) is 0 Å². The maximum absolute atomic E-state index is 12.2. The molecule has 9 nitrogen and oxygen atoms in total. The Kier molecular flexibility index (Phi) is 9.60. The van der Waals surface area contributed by atoms with Crippen molar-refractivity contribution >= 4 is 25.1 Å². The number of carbonyl (C=O) groups is 1. The van der Waals surface area contributed by atoms with Crippen LogP contribution in [0.25, 0.3) is 0 Å². The number of carbonyl (C=O) groups excluding carboxylic acids is 1. The summed E-state index contributed by atoms with van der Waals surface area (Å²) in [4.78, 5) is 13.2. The van der Waals surface area contributed by atoms with Crippen molar-refractivity contribution in [3.8, 4) is 0 Å². The molecule has 1 heterocycles. The maximum atomic E-state index is 12.2. The number of nitrogens with zero attached hydrogens (tertiary/aromatic N) is 1. The van der Waals surface area contributed by atoms with E-state index in [4.69, 9.17) is 19.5 Å². The average Bonchev–Trinajstić information content (AvgIpc) is 2.49. The van der Waals surface area contributed by atoms with Crippen molar-refractivity contribution in [3.05, 3.63) is 12.3 Å². The Morgan fingerprint density at radius 3 is 2.58 bits per heavy atom. The second-order valence-corrected chi connectivity index (χ2v) is 9.54. The Bertz CT molecular complexity index is 534. The van der Waals surface area contributed by atoms with Gasteiger partial charge in [0.05, 0.1) is 31.6 Å². The highest BCUT2D eigenvalue weighted by atomic mass is 32.7. The van der Waals surface area contributed by atoms with Crippen LogP contribution in [0.1, 0.15) is 34.1 Å². The van der Waals surface area contributed by atoms with Crippen LogP contribution in [0.2, 0.25) is 0 Å². The minimum atomic E-state index is -3.52. The summed E-state index contributed by atoms with van der Waals surface area (Å²) >= 11 is 3.94. The molecule has 0 aromatic carbocycles. The minimum absolute atomic E-state index is 0.0547. The van der Waals surface area contributed by atoms with Gasteiger partial charge in [0.1, 0.15) is 0 Å². The lowest BCUT2D eigenvalue weighted by atomic mass is 10.1. The maximum Gasteiger partial charge on any atom is 0.386 e. The Balaban J connectivity index is 2.76. The summed E-state index contributed by atoms with van der Waals surface area (Å²) in [6.45, 7) is 3.42. The minimum Gasteiger partial charge on any atom is -0.392 e. The van der Waals surface area contributed by atoms with Crippen molar-refractivity contribution < 1.29 is 28.3 Å². The number of rotatable bonds is 11. The van der Waals surface area contributed by atoms with E-state index in [1.807, 2.05) is 13.8 Å². The number of aliphatic hydroxyl groups is 1. The van der Waals surface area contributed by atoms with E-state index in [1.165, 1.54) is 11.1 Å². The number of aliphatic hydroxyl groups excluding tert-OH is 1. The Labute approximate surface area is 159 Å². The van der Waals surface area contributed by atoms with Crippen molar-refractivity contribution in [1.29, 1.82) is 0 Å². The van der Waals surface area contributed by atoms with Crippen molar-refractivity contribution in [2.24, 2.45) is 11.7 Å². The van der Waals surface area contributed by atoms with Crippen LogP contribution in [0.15, 0.2) is 12.3 Å². The van der Waals surface area contributed by atoms with Crippen molar-refractivity contribution in [1.82, 2.24) is 10.2 Å². The monoisotopic (exact) mass is 411 g/mol. The number of amides is 2. The van der Waals surface area contributed by atoms with E-state index in [0.29, 0.717) is 6.42 Å². The Hall–Kier alpha value is -0.610. The number of nitrogens with one attached hydrogen (secondary N) is 1. The molecule has 4 atom stereocenters. The van der Waals surface area contributed by atoms with Gasteiger partial charge in [-0.2, -0.15) is 0 Å². The predicted octanol–water partition coefficient (Wildman–Crippen LogP) is 2.04. The molecule has 26 heavy (non-hydrogen) atoms. The fourth-order valence-corrected chi connectivity index (χ4v) is 4.04. The van der Waals surface area contributed by atoms with Gasteiger partial charge in [-0.15, -0.1) is 0 Å². The van der Waals surface area contributed by atoms with E-state index in [1.54, 1.807) is 19.9 Å². The van der Waals surface area contributed by atoms with E-state index in [2.05, 4.69) is 17.6 Å². The highest BCUT2D eigenvalue weighted by Crippen LogP contribution is 2.54. The third-order valence-electron chi connectivity index (χ3n) is 3.30. The largest absolute Gasteiger partial charge is 0.392 e. The molecule has 2 amide bonds. The first-order valence-electron chi connectivity index (χ1n) is 8.48. The number of nitrogens with two attached hydrogens (primary N) is 1. The van der Waals surface area contributed by atoms with Crippen LogP contribution in [-0.2, 0) is 18.3 Å². The fraction of sp³-hybridized carbons (Fsp3) is 0.800. The number of hydrogen-bond acceptors (Lipinski definition) is 7. The zero-order valence-electron chi connectivity index (χ0n) is 15.6. The van der Waals surface area contributed by atoms with Crippen molar-refractivity contribution in [2.75, 3.05) is 13.2 Å². The van der Waals surface area contributed by atoms with E-state index >= 15 is 0 Å². The van der Waals surface area contributed by atoms with E-state index < -0.39 is 37.9 Å². The standard InChI is InChI=1S/C15H30N3O6PS/c1-10(2)7-12(9-22-25(21,26)24-11(3)4)23-14(8-19)18-6-5-13(16)17-15(18)20/h5-6,10-14,19H,7-9,16H2,1-4H3,(H,17,20)(H,21,26)/t12-,13?,14-,25?/m1/s1. The Morgan fingerprint density at radius 1 is 1.42 bits per heavy atom. The third kappa shape index (κ3) is 8.39. The van der Waals surface area contributed by atoms with Crippen LogP contribution in [0, 0.1) is 5.92 Å². The van der Waals surface area contributed by atoms with Crippen LogP contribution in [0.4, 0.5) is 4.79 Å². The van der Waals surface area contributed by atoms with E-state index in [0.717, 1.165) is 0 Å². The molecule has 0 fully saturated rings. The van der Waals surface area contributed by atoms with Gasteiger partial charge in [-0.3, -0.25) is 13.9 Å². The first-order valence-corrected chi connectivity index (χ1v) is 11.2. The van der Waals surface area contributed by atoms with Gasteiger partial charge in [0.25, 0.3) is 0 Å². The summed E-state index contributed by atoms with van der Waals surface area (Å²) in [5.41, 5.74) is 5.61. The van der Waals surface area contributed by atoms with Crippen LogP contribution < -0.4 is 11.1 Å². The highest BCUT2D eigenvalue weighted by Gasteiger charge is 2.30. The molecule has 0 aromatic rings. The first-order chi connectivity index (χ1) is 12.0. The van der Waals surface area contributed by atoms with Gasteiger partial charge >= 0.3 is 12.8 Å².